The van der Waals surface area contributed by atoms with Crippen LogP contribution >= 0.6 is 0 Å². The van der Waals surface area contributed by atoms with Crippen LogP contribution in [-0.4, -0.2) is 51.4 Å². The van der Waals surface area contributed by atoms with Gasteiger partial charge in [-0.2, -0.15) is 15.2 Å². The lowest BCUT2D eigenvalue weighted by Gasteiger charge is -2.44. The van der Waals surface area contributed by atoms with Gasteiger partial charge in [-0.15, -0.1) is 0 Å². The first kappa shape index (κ1) is 22.5. The molecule has 1 aliphatic carbocycles. The zero-order chi connectivity index (χ0) is 24.4. The lowest BCUT2D eigenvalue weighted by molar-refractivity contribution is -0.0883. The number of nitrogen functional groups attached to an aromatic ring is 1. The Hall–Kier alpha value is -2.96. The van der Waals surface area contributed by atoms with Crippen molar-refractivity contribution in [1.82, 2.24) is 14.9 Å². The van der Waals surface area contributed by atoms with E-state index in [-0.39, 0.29) is 30.0 Å². The topological polar surface area (TPSA) is 118 Å². The molecule has 1 aromatic carbocycles. The molecule has 6 rings (SSSR count). The smallest absolute Gasteiger partial charge is 0.320 e. The van der Waals surface area contributed by atoms with Crippen molar-refractivity contribution in [2.75, 3.05) is 25.4 Å². The summed E-state index contributed by atoms with van der Waals surface area (Å²) in [7, 11) is 0. The lowest BCUT2D eigenvalue weighted by Crippen LogP contribution is -2.43. The number of hydrogen-bond acceptors (Lipinski definition) is 8. The molecule has 0 radical (unpaired) electrons. The predicted molar refractivity (Wildman–Crippen MR) is 126 cm³/mol. The Balaban J connectivity index is 1.33. The molecule has 0 bridgehead atoms. The number of nitriles is 1. The highest BCUT2D eigenvalue weighted by molar-refractivity contribution is 5.63. The average molecular weight is 480 g/mol. The largest absolute Gasteiger partial charge is 0.493 e. The van der Waals surface area contributed by atoms with Crippen LogP contribution in [0.5, 0.6) is 11.9 Å². The number of ether oxygens (including phenoxy) is 2. The van der Waals surface area contributed by atoms with Crippen molar-refractivity contribution in [2.24, 2.45) is 0 Å². The summed E-state index contributed by atoms with van der Waals surface area (Å²) in [4.78, 5) is 11.0. The fourth-order valence-corrected chi connectivity index (χ4v) is 6.74. The van der Waals surface area contributed by atoms with Gasteiger partial charge in [-0.1, -0.05) is 13.0 Å². The minimum Gasteiger partial charge on any atom is -0.493 e. The van der Waals surface area contributed by atoms with E-state index in [2.05, 4.69) is 27.9 Å². The number of nitrogens with two attached hydrogens (primary N) is 1. The molecule has 0 amide bonds. The Bertz CT molecular complexity index is 1230. The quantitative estimate of drug-likeness (QED) is 0.643. The number of benzene rings is 1. The van der Waals surface area contributed by atoms with Crippen LogP contribution in [0.2, 0.25) is 0 Å². The standard InChI is InChI=1S/C26H30FN5O3/c1-15-5-7-26(22-17(15)3-4-20(29)18(22)11-28)10-21-19(13-35-26)23(33)31-24(30-21)34-14-25-6-2-8-32(25)12-16(27)9-25/h3-4,15-16H,2,5-10,12-14,29H2,1H3,(H,30,31,33)/t15-,16+,25-,26-/m0/s1. The Morgan fingerprint density at radius 3 is 3.06 bits per heavy atom. The number of hydrogen-bond donors (Lipinski definition) is 2. The molecule has 2 saturated heterocycles. The molecule has 8 nitrogen and oxygen atoms in total. The van der Waals surface area contributed by atoms with Gasteiger partial charge in [0.15, 0.2) is 0 Å². The van der Waals surface area contributed by atoms with E-state index >= 15 is 0 Å². The third kappa shape index (κ3) is 3.46. The molecule has 4 atom stereocenters. The van der Waals surface area contributed by atoms with Crippen LogP contribution < -0.4 is 10.5 Å². The van der Waals surface area contributed by atoms with E-state index in [0.29, 0.717) is 48.5 Å². The molecule has 35 heavy (non-hydrogen) atoms. The predicted octanol–water partition coefficient (Wildman–Crippen LogP) is 3.46. The van der Waals surface area contributed by atoms with Crippen molar-refractivity contribution in [3.8, 4) is 18.0 Å². The molecule has 0 unspecified atom stereocenters. The number of rotatable bonds is 3. The minimum atomic E-state index is -0.843. The van der Waals surface area contributed by atoms with Crippen molar-refractivity contribution < 1.29 is 19.0 Å². The Morgan fingerprint density at radius 2 is 2.23 bits per heavy atom. The molecular formula is C26H30FN5O3. The number of aromatic hydroxyl groups is 1. The maximum absolute atomic E-state index is 14.1. The third-order valence-corrected chi connectivity index (χ3v) is 8.58. The van der Waals surface area contributed by atoms with Crippen LogP contribution in [0.4, 0.5) is 10.1 Å². The average Bonchev–Trinajstić information content (AvgIpc) is 3.36. The summed E-state index contributed by atoms with van der Waals surface area (Å²) >= 11 is 0. The molecule has 2 aromatic rings. The number of anilines is 1. The number of alkyl halides is 1. The lowest BCUT2D eigenvalue weighted by atomic mass is 9.69. The van der Waals surface area contributed by atoms with Crippen LogP contribution in [0.15, 0.2) is 12.1 Å². The maximum atomic E-state index is 14.1. The molecule has 4 aliphatic rings. The minimum absolute atomic E-state index is 0.0966. The van der Waals surface area contributed by atoms with E-state index in [1.165, 1.54) is 0 Å². The third-order valence-electron chi connectivity index (χ3n) is 8.58. The second-order valence-electron chi connectivity index (χ2n) is 10.6. The van der Waals surface area contributed by atoms with Crippen molar-refractivity contribution in [3.05, 3.63) is 40.1 Å². The van der Waals surface area contributed by atoms with Crippen molar-refractivity contribution in [3.63, 3.8) is 0 Å². The summed E-state index contributed by atoms with van der Waals surface area (Å²) in [6.45, 7) is 3.90. The van der Waals surface area contributed by atoms with Crippen LogP contribution in [0.1, 0.15) is 72.9 Å². The van der Waals surface area contributed by atoms with Crippen molar-refractivity contribution >= 4 is 5.69 Å². The molecule has 184 valence electrons. The highest BCUT2D eigenvalue weighted by Crippen LogP contribution is 2.51. The van der Waals surface area contributed by atoms with Gasteiger partial charge >= 0.3 is 6.01 Å². The molecule has 1 aromatic heterocycles. The SMILES string of the molecule is C[C@H]1CC[C@]2(Cc3nc(OC[C@@]45CCCN4C[C@H](F)C5)nc(O)c3CO2)c2c1ccc(N)c2C#N. The molecule has 4 heterocycles. The Kier molecular flexibility index (Phi) is 5.17. The van der Waals surface area contributed by atoms with Gasteiger partial charge in [0, 0.05) is 30.6 Å². The summed E-state index contributed by atoms with van der Waals surface area (Å²) in [6, 6.07) is 6.17. The summed E-state index contributed by atoms with van der Waals surface area (Å²) in [5.74, 6) is 0.123. The molecular weight excluding hydrogens is 449 g/mol. The summed E-state index contributed by atoms with van der Waals surface area (Å²) in [6.07, 6.45) is 3.52. The normalized spacial score (nSPS) is 31.6. The number of nitrogens with zero attached hydrogens (tertiary/aromatic N) is 4. The highest BCUT2D eigenvalue weighted by Gasteiger charge is 2.50. The van der Waals surface area contributed by atoms with Gasteiger partial charge in [-0.25, -0.2) is 4.39 Å². The monoisotopic (exact) mass is 479 g/mol. The molecule has 1 spiro atoms. The van der Waals surface area contributed by atoms with Crippen LogP contribution in [0, 0.1) is 11.3 Å². The number of aromatic nitrogens is 2. The van der Waals surface area contributed by atoms with Gasteiger partial charge in [0.05, 0.1) is 29.0 Å². The molecule has 3 aliphatic heterocycles. The van der Waals surface area contributed by atoms with Crippen molar-refractivity contribution in [2.45, 2.75) is 75.3 Å². The highest BCUT2D eigenvalue weighted by atomic mass is 19.1. The summed E-state index contributed by atoms with van der Waals surface area (Å²) in [5, 5.41) is 20.6. The molecule has 0 saturated carbocycles. The van der Waals surface area contributed by atoms with Gasteiger partial charge in [0.2, 0.25) is 5.88 Å². The first-order chi connectivity index (χ1) is 16.8. The summed E-state index contributed by atoms with van der Waals surface area (Å²) in [5.41, 5.74) is 9.11. The van der Waals surface area contributed by atoms with Crippen LogP contribution in [0.25, 0.3) is 0 Å². The fourth-order valence-electron chi connectivity index (χ4n) is 6.74. The molecule has 3 N–H and O–H groups in total. The Labute approximate surface area is 203 Å². The second-order valence-corrected chi connectivity index (χ2v) is 10.6. The Morgan fingerprint density at radius 1 is 1.37 bits per heavy atom. The maximum Gasteiger partial charge on any atom is 0.320 e. The van der Waals surface area contributed by atoms with Gasteiger partial charge in [-0.3, -0.25) is 4.90 Å². The van der Waals surface area contributed by atoms with Crippen molar-refractivity contribution in [1.29, 1.82) is 5.26 Å². The zero-order valence-corrected chi connectivity index (χ0v) is 19.9. The van der Waals surface area contributed by atoms with Crippen LogP contribution in [-0.2, 0) is 23.4 Å². The number of halogens is 1. The van der Waals surface area contributed by atoms with E-state index < -0.39 is 11.8 Å². The van der Waals surface area contributed by atoms with Gasteiger partial charge in [0.1, 0.15) is 24.4 Å². The first-order valence-electron chi connectivity index (χ1n) is 12.4. The van der Waals surface area contributed by atoms with Crippen LogP contribution in [0.3, 0.4) is 0 Å². The summed E-state index contributed by atoms with van der Waals surface area (Å²) < 4.78 is 26.5. The molecule has 9 heteroatoms. The van der Waals surface area contributed by atoms with E-state index in [4.69, 9.17) is 15.2 Å². The number of fused-ring (bicyclic) bond motifs is 4. The van der Waals surface area contributed by atoms with E-state index in [0.717, 1.165) is 43.4 Å². The van der Waals surface area contributed by atoms with E-state index in [9.17, 15) is 14.8 Å². The van der Waals surface area contributed by atoms with E-state index in [1.54, 1.807) is 6.07 Å². The van der Waals surface area contributed by atoms with Gasteiger partial charge in [0.25, 0.3) is 0 Å². The zero-order valence-electron chi connectivity index (χ0n) is 19.9. The van der Waals surface area contributed by atoms with Gasteiger partial charge in [-0.05, 0) is 49.8 Å². The second kappa shape index (κ2) is 8.04. The molecule has 2 fully saturated rings. The first-order valence-corrected chi connectivity index (χ1v) is 12.4. The van der Waals surface area contributed by atoms with E-state index in [1.807, 2.05) is 6.07 Å². The fraction of sp³-hybridized carbons (Fsp3) is 0.577. The van der Waals surface area contributed by atoms with Gasteiger partial charge < -0.3 is 20.3 Å².